The number of carbonyl (C=O) groups is 2. The van der Waals surface area contributed by atoms with Crippen molar-refractivity contribution in [2.24, 2.45) is 0 Å². The SMILES string of the molecule is CC(=O)N1CCN(C(=O)[C@@H]2CN(c3ccc(C#N)c(C(F)(F)F)c3)[C@@H](C(F)(F)F)O2)CC1. The van der Waals surface area contributed by atoms with E-state index in [1.165, 1.54) is 22.8 Å². The van der Waals surface area contributed by atoms with Crippen molar-refractivity contribution < 1.29 is 40.7 Å². The van der Waals surface area contributed by atoms with Crippen LogP contribution in [-0.4, -0.2) is 72.8 Å². The van der Waals surface area contributed by atoms with Crippen LogP contribution in [0.2, 0.25) is 0 Å². The van der Waals surface area contributed by atoms with Gasteiger partial charge < -0.3 is 19.4 Å². The van der Waals surface area contributed by atoms with Crippen molar-refractivity contribution in [3.63, 3.8) is 0 Å². The molecule has 2 fully saturated rings. The summed E-state index contributed by atoms with van der Waals surface area (Å²) in [5.41, 5.74) is -2.59. The number of nitriles is 1. The van der Waals surface area contributed by atoms with Crippen molar-refractivity contribution in [1.82, 2.24) is 9.80 Å². The minimum Gasteiger partial charge on any atom is -0.339 e. The molecule has 13 heteroatoms. The number of carbonyl (C=O) groups excluding carboxylic acids is 2. The third-order valence-electron chi connectivity index (χ3n) is 5.29. The average Bonchev–Trinajstić information content (AvgIpc) is 3.18. The van der Waals surface area contributed by atoms with Crippen molar-refractivity contribution >= 4 is 17.5 Å². The zero-order valence-corrected chi connectivity index (χ0v) is 16.7. The number of hydrogen-bond donors (Lipinski definition) is 0. The Bertz CT molecular complexity index is 934. The van der Waals surface area contributed by atoms with Crippen LogP contribution in [-0.2, 0) is 20.5 Å². The molecule has 0 unspecified atom stereocenters. The maximum atomic E-state index is 13.6. The molecule has 0 radical (unpaired) electrons. The topological polar surface area (TPSA) is 76.9 Å². The van der Waals surface area contributed by atoms with Gasteiger partial charge in [0.15, 0.2) is 6.10 Å². The summed E-state index contributed by atoms with van der Waals surface area (Å²) in [4.78, 5) is 27.4. The highest BCUT2D eigenvalue weighted by molar-refractivity contribution is 5.83. The van der Waals surface area contributed by atoms with E-state index in [0.717, 1.165) is 12.1 Å². The molecular weight excluding hydrogens is 446 g/mol. The van der Waals surface area contributed by atoms with Crippen LogP contribution >= 0.6 is 0 Å². The molecule has 0 N–H and O–H groups in total. The highest BCUT2D eigenvalue weighted by Gasteiger charge is 2.53. The third kappa shape index (κ3) is 4.74. The molecule has 0 bridgehead atoms. The van der Waals surface area contributed by atoms with Crippen LogP contribution in [0.3, 0.4) is 0 Å². The molecule has 2 amide bonds. The summed E-state index contributed by atoms with van der Waals surface area (Å²) in [6.45, 7) is 1.36. The Hall–Kier alpha value is -3.01. The van der Waals surface area contributed by atoms with Gasteiger partial charge in [-0.2, -0.15) is 31.6 Å². The molecule has 1 aromatic carbocycles. The molecule has 1 aromatic rings. The van der Waals surface area contributed by atoms with E-state index in [-0.39, 0.29) is 32.1 Å². The lowest BCUT2D eigenvalue weighted by Crippen LogP contribution is -2.53. The largest absolute Gasteiger partial charge is 0.433 e. The fraction of sp³-hybridized carbons (Fsp3) is 0.526. The van der Waals surface area contributed by atoms with Crippen LogP contribution in [0.4, 0.5) is 32.0 Å². The first-order chi connectivity index (χ1) is 14.8. The van der Waals surface area contributed by atoms with Gasteiger partial charge in [0.2, 0.25) is 12.1 Å². The molecule has 2 atom stereocenters. The van der Waals surface area contributed by atoms with Crippen molar-refractivity contribution in [3.05, 3.63) is 29.3 Å². The molecule has 2 saturated heterocycles. The first kappa shape index (κ1) is 23.6. The molecule has 0 aliphatic carbocycles. The summed E-state index contributed by atoms with van der Waals surface area (Å²) < 4.78 is 85.5. The lowest BCUT2D eigenvalue weighted by Gasteiger charge is -2.35. The van der Waals surface area contributed by atoms with Gasteiger partial charge in [0.25, 0.3) is 5.91 Å². The van der Waals surface area contributed by atoms with Gasteiger partial charge in [-0.05, 0) is 18.2 Å². The minimum absolute atomic E-state index is 0.101. The first-order valence-corrected chi connectivity index (χ1v) is 9.47. The maximum absolute atomic E-state index is 13.6. The third-order valence-corrected chi connectivity index (χ3v) is 5.29. The highest BCUT2D eigenvalue weighted by atomic mass is 19.4. The molecule has 0 saturated carbocycles. The van der Waals surface area contributed by atoms with E-state index in [2.05, 4.69) is 0 Å². The molecule has 32 heavy (non-hydrogen) atoms. The fourth-order valence-electron chi connectivity index (χ4n) is 3.67. The number of amides is 2. The number of halogens is 6. The molecule has 7 nitrogen and oxygen atoms in total. The van der Waals surface area contributed by atoms with Crippen LogP contribution in [0, 0.1) is 11.3 Å². The Morgan fingerprint density at radius 3 is 2.16 bits per heavy atom. The molecule has 0 spiro atoms. The van der Waals surface area contributed by atoms with Crippen molar-refractivity contribution in [2.75, 3.05) is 37.6 Å². The van der Waals surface area contributed by atoms with E-state index in [9.17, 15) is 35.9 Å². The van der Waals surface area contributed by atoms with E-state index in [4.69, 9.17) is 10.00 Å². The molecule has 2 aliphatic rings. The number of nitrogens with zero attached hydrogens (tertiary/aromatic N) is 4. The normalized spacial score (nSPS) is 22.1. The number of hydrogen-bond acceptors (Lipinski definition) is 5. The lowest BCUT2D eigenvalue weighted by atomic mass is 10.1. The molecule has 2 heterocycles. The Balaban J connectivity index is 1.85. The van der Waals surface area contributed by atoms with E-state index in [0.29, 0.717) is 11.0 Å². The second-order valence-electron chi connectivity index (χ2n) is 7.34. The minimum atomic E-state index is -4.99. The molecule has 2 aliphatic heterocycles. The Kier molecular flexibility index (Phi) is 6.28. The van der Waals surface area contributed by atoms with Crippen LogP contribution in [0.25, 0.3) is 0 Å². The van der Waals surface area contributed by atoms with Crippen LogP contribution < -0.4 is 4.90 Å². The summed E-state index contributed by atoms with van der Waals surface area (Å²) in [6, 6.07) is 3.54. The van der Waals surface area contributed by atoms with Crippen molar-refractivity contribution in [2.45, 2.75) is 31.6 Å². The lowest BCUT2D eigenvalue weighted by molar-refractivity contribution is -0.215. The van der Waals surface area contributed by atoms with Gasteiger partial charge in [-0.25, -0.2) is 0 Å². The molecular formula is C19H18F6N4O3. The number of rotatable bonds is 2. The smallest absolute Gasteiger partial charge is 0.339 e. The second-order valence-corrected chi connectivity index (χ2v) is 7.34. The maximum Gasteiger partial charge on any atom is 0.433 e. The first-order valence-electron chi connectivity index (χ1n) is 9.47. The van der Waals surface area contributed by atoms with Gasteiger partial charge in [-0.1, -0.05) is 0 Å². The number of benzene rings is 1. The summed E-state index contributed by atoms with van der Waals surface area (Å²) >= 11 is 0. The van der Waals surface area contributed by atoms with Gasteiger partial charge in [0.05, 0.1) is 23.7 Å². The highest BCUT2D eigenvalue weighted by Crippen LogP contribution is 2.39. The second kappa shape index (κ2) is 8.50. The monoisotopic (exact) mass is 464 g/mol. The number of anilines is 1. The van der Waals surface area contributed by atoms with E-state index < -0.39 is 54.0 Å². The number of ether oxygens (including phenoxy) is 1. The summed E-state index contributed by atoms with van der Waals surface area (Å²) in [6.07, 6.45) is -14.1. The Labute approximate surface area is 178 Å². The average molecular weight is 464 g/mol. The summed E-state index contributed by atoms with van der Waals surface area (Å²) in [5.74, 6) is -0.937. The van der Waals surface area contributed by atoms with Gasteiger partial charge in [-0.15, -0.1) is 0 Å². The van der Waals surface area contributed by atoms with Gasteiger partial charge in [0, 0.05) is 38.8 Å². The van der Waals surface area contributed by atoms with E-state index >= 15 is 0 Å². The summed E-state index contributed by atoms with van der Waals surface area (Å²) in [7, 11) is 0. The predicted octanol–water partition coefficient (Wildman–Crippen LogP) is 2.36. The fourth-order valence-corrected chi connectivity index (χ4v) is 3.67. The molecule has 3 rings (SSSR count). The molecule has 0 aromatic heterocycles. The standard InChI is InChI=1S/C19H18F6N4O3/c1-11(30)27-4-6-28(7-5-27)16(31)15-10-29(17(32-15)19(23,24)25)13-3-2-12(9-26)14(8-13)18(20,21)22/h2-3,8,15,17H,4-7,10H2,1H3/t15-,17+/m0/s1. The van der Waals surface area contributed by atoms with Crippen LogP contribution in [0.1, 0.15) is 18.1 Å². The van der Waals surface area contributed by atoms with Crippen LogP contribution in [0.5, 0.6) is 0 Å². The number of piperazine rings is 1. The zero-order chi connectivity index (χ0) is 23.8. The zero-order valence-electron chi connectivity index (χ0n) is 16.7. The van der Waals surface area contributed by atoms with Crippen molar-refractivity contribution in [1.29, 1.82) is 5.26 Å². The van der Waals surface area contributed by atoms with Gasteiger partial charge in [-0.3, -0.25) is 9.59 Å². The van der Waals surface area contributed by atoms with Gasteiger partial charge >= 0.3 is 12.4 Å². The van der Waals surface area contributed by atoms with E-state index in [1.54, 1.807) is 0 Å². The van der Waals surface area contributed by atoms with E-state index in [1.807, 2.05) is 0 Å². The Morgan fingerprint density at radius 2 is 1.66 bits per heavy atom. The van der Waals surface area contributed by atoms with Crippen LogP contribution in [0.15, 0.2) is 18.2 Å². The quantitative estimate of drug-likeness (QED) is 0.629. The predicted molar refractivity (Wildman–Crippen MR) is 97.1 cm³/mol. The van der Waals surface area contributed by atoms with Crippen molar-refractivity contribution in [3.8, 4) is 6.07 Å². The summed E-state index contributed by atoms with van der Waals surface area (Å²) in [5, 5.41) is 8.89. The van der Waals surface area contributed by atoms with Gasteiger partial charge in [0.1, 0.15) is 0 Å². The Morgan fingerprint density at radius 1 is 1.06 bits per heavy atom. The number of alkyl halides is 6. The molecule has 174 valence electrons.